The van der Waals surface area contributed by atoms with Crippen LogP contribution in [-0.4, -0.2) is 27.4 Å². The molecule has 0 aliphatic carbocycles. The smallest absolute Gasteiger partial charge is 0.255 e. The summed E-state index contributed by atoms with van der Waals surface area (Å²) >= 11 is 0. The third kappa shape index (κ3) is 4.31. The third-order valence-electron chi connectivity index (χ3n) is 5.12. The molecule has 2 N–H and O–H groups in total. The zero-order chi connectivity index (χ0) is 21.8. The van der Waals surface area contributed by atoms with E-state index in [2.05, 4.69) is 33.0 Å². The van der Waals surface area contributed by atoms with Gasteiger partial charge >= 0.3 is 0 Å². The van der Waals surface area contributed by atoms with Gasteiger partial charge in [-0.05, 0) is 54.4 Å². The number of nitrogens with zero attached hydrogens (tertiary/aromatic N) is 1. The quantitative estimate of drug-likeness (QED) is 0.585. The minimum Gasteiger partial charge on any atom is -0.339 e. The molecule has 1 aliphatic heterocycles. The van der Waals surface area contributed by atoms with Gasteiger partial charge in [-0.1, -0.05) is 36.3 Å². The maximum atomic E-state index is 12.8. The number of amides is 1. The molecule has 0 aromatic heterocycles. The van der Waals surface area contributed by atoms with Gasteiger partial charge in [0.2, 0.25) is 10.0 Å². The predicted molar refractivity (Wildman–Crippen MR) is 122 cm³/mol. The number of rotatable bonds is 6. The first kappa shape index (κ1) is 20.7. The van der Waals surface area contributed by atoms with Crippen molar-refractivity contribution >= 4 is 33.0 Å². The Morgan fingerprint density at radius 3 is 2.39 bits per heavy atom. The van der Waals surface area contributed by atoms with Crippen LogP contribution >= 0.6 is 0 Å². The number of terminal acetylenes is 1. The highest BCUT2D eigenvalue weighted by Gasteiger charge is 2.22. The van der Waals surface area contributed by atoms with Crippen molar-refractivity contribution in [1.29, 1.82) is 0 Å². The van der Waals surface area contributed by atoms with Crippen LogP contribution in [0.2, 0.25) is 0 Å². The number of carbonyl (C=O) groups excluding carboxylic acids is 1. The second-order valence-corrected chi connectivity index (χ2v) is 8.82. The highest BCUT2D eigenvalue weighted by molar-refractivity contribution is 7.89. The number of anilines is 3. The van der Waals surface area contributed by atoms with E-state index in [1.54, 1.807) is 0 Å². The predicted octanol–water partition coefficient (Wildman–Crippen LogP) is 3.54. The molecule has 7 heteroatoms. The molecule has 0 radical (unpaired) electrons. The van der Waals surface area contributed by atoms with E-state index in [1.807, 2.05) is 36.4 Å². The summed E-state index contributed by atoms with van der Waals surface area (Å²) in [6, 6.07) is 21.6. The Kier molecular flexibility index (Phi) is 5.76. The number of hydrogen-bond acceptors (Lipinski definition) is 4. The molecule has 0 atom stereocenters. The molecule has 4 rings (SSSR count). The van der Waals surface area contributed by atoms with Gasteiger partial charge in [-0.3, -0.25) is 4.79 Å². The second kappa shape index (κ2) is 8.64. The highest BCUT2D eigenvalue weighted by Crippen LogP contribution is 2.38. The van der Waals surface area contributed by atoms with Gasteiger partial charge in [0.25, 0.3) is 5.91 Å². The normalized spacial score (nSPS) is 12.8. The summed E-state index contributed by atoms with van der Waals surface area (Å²) in [6.45, 7) is 0.741. The van der Waals surface area contributed by atoms with E-state index in [0.29, 0.717) is 11.3 Å². The fourth-order valence-electron chi connectivity index (χ4n) is 3.60. The standard InChI is InChI=1S/C24H21N3O3S/c1-2-16-25-31(29,30)20-13-11-19(12-14-20)24(28)26-21-8-4-6-10-23(21)27-17-15-18-7-3-5-9-22(18)27/h1,3-14,25H,15-17H2,(H,26,28). The molecule has 0 saturated carbocycles. The number of sulfonamides is 1. The Balaban J connectivity index is 1.55. The average molecular weight is 432 g/mol. The zero-order valence-electron chi connectivity index (χ0n) is 16.7. The Morgan fingerprint density at radius 1 is 0.968 bits per heavy atom. The maximum Gasteiger partial charge on any atom is 0.255 e. The largest absolute Gasteiger partial charge is 0.339 e. The highest BCUT2D eigenvalue weighted by atomic mass is 32.2. The van der Waals surface area contributed by atoms with E-state index in [4.69, 9.17) is 6.42 Å². The first-order valence-corrected chi connectivity index (χ1v) is 11.3. The molecule has 1 aliphatic rings. The SMILES string of the molecule is C#CCNS(=O)(=O)c1ccc(C(=O)Nc2ccccc2N2CCc3ccccc32)cc1. The van der Waals surface area contributed by atoms with Crippen LogP contribution in [0.3, 0.4) is 0 Å². The van der Waals surface area contributed by atoms with E-state index in [9.17, 15) is 13.2 Å². The van der Waals surface area contributed by atoms with Gasteiger partial charge in [0.05, 0.1) is 22.8 Å². The van der Waals surface area contributed by atoms with E-state index in [-0.39, 0.29) is 17.3 Å². The average Bonchev–Trinajstić information content (AvgIpc) is 3.22. The Bertz CT molecular complexity index is 1260. The minimum atomic E-state index is -3.70. The topological polar surface area (TPSA) is 78.5 Å². The van der Waals surface area contributed by atoms with Crippen LogP contribution in [0.25, 0.3) is 0 Å². The summed E-state index contributed by atoms with van der Waals surface area (Å²) in [4.78, 5) is 15.1. The Morgan fingerprint density at radius 2 is 1.65 bits per heavy atom. The van der Waals surface area contributed by atoms with Crippen LogP contribution in [0.15, 0.2) is 77.7 Å². The summed E-state index contributed by atoms with van der Waals surface area (Å²) < 4.78 is 26.6. The molecule has 1 amide bonds. The first-order chi connectivity index (χ1) is 15.0. The molecule has 0 bridgehead atoms. The number of benzene rings is 3. The van der Waals surface area contributed by atoms with Gasteiger partial charge in [-0.25, -0.2) is 8.42 Å². The Hall–Kier alpha value is -3.60. The second-order valence-electron chi connectivity index (χ2n) is 7.05. The van der Waals surface area contributed by atoms with Crippen molar-refractivity contribution in [1.82, 2.24) is 4.72 Å². The van der Waals surface area contributed by atoms with Gasteiger partial charge in [-0.15, -0.1) is 6.42 Å². The molecule has 0 saturated heterocycles. The summed E-state index contributed by atoms with van der Waals surface area (Å²) in [5.41, 5.74) is 4.37. The molecule has 3 aromatic rings. The summed E-state index contributed by atoms with van der Waals surface area (Å²) in [7, 11) is -3.70. The van der Waals surface area contributed by atoms with Crippen molar-refractivity contribution in [2.45, 2.75) is 11.3 Å². The summed E-state index contributed by atoms with van der Waals surface area (Å²) in [5, 5.41) is 2.95. The molecular weight excluding hydrogens is 410 g/mol. The summed E-state index contributed by atoms with van der Waals surface area (Å²) in [5.74, 6) is 1.91. The molecule has 31 heavy (non-hydrogen) atoms. The number of hydrogen-bond donors (Lipinski definition) is 2. The first-order valence-electron chi connectivity index (χ1n) is 9.78. The van der Waals surface area contributed by atoms with E-state index in [1.165, 1.54) is 29.8 Å². The van der Waals surface area contributed by atoms with Gasteiger partial charge < -0.3 is 10.2 Å². The molecule has 6 nitrogen and oxygen atoms in total. The van der Waals surface area contributed by atoms with Crippen LogP contribution in [0.1, 0.15) is 15.9 Å². The van der Waals surface area contributed by atoms with Gasteiger partial charge in [0.15, 0.2) is 0 Å². The minimum absolute atomic E-state index is 0.0494. The van der Waals surface area contributed by atoms with E-state index < -0.39 is 10.0 Å². The van der Waals surface area contributed by atoms with Crippen molar-refractivity contribution < 1.29 is 13.2 Å². The number of fused-ring (bicyclic) bond motifs is 1. The fraction of sp³-hybridized carbons (Fsp3) is 0.125. The lowest BCUT2D eigenvalue weighted by Gasteiger charge is -2.23. The molecular formula is C24H21N3O3S. The van der Waals surface area contributed by atoms with E-state index in [0.717, 1.165) is 24.3 Å². The van der Waals surface area contributed by atoms with Gasteiger partial charge in [0, 0.05) is 17.8 Å². The lowest BCUT2D eigenvalue weighted by molar-refractivity contribution is 0.102. The molecule has 0 unspecified atom stereocenters. The lowest BCUT2D eigenvalue weighted by Crippen LogP contribution is -2.24. The van der Waals surface area contributed by atoms with Crippen molar-refractivity contribution in [2.24, 2.45) is 0 Å². The van der Waals surface area contributed by atoms with Crippen LogP contribution in [0.5, 0.6) is 0 Å². The Labute approximate surface area is 182 Å². The molecule has 3 aromatic carbocycles. The van der Waals surface area contributed by atoms with Gasteiger partial charge in [-0.2, -0.15) is 4.72 Å². The maximum absolute atomic E-state index is 12.8. The molecule has 156 valence electrons. The van der Waals surface area contributed by atoms with Crippen molar-refractivity contribution in [3.63, 3.8) is 0 Å². The van der Waals surface area contributed by atoms with Crippen molar-refractivity contribution in [3.05, 3.63) is 83.9 Å². The van der Waals surface area contributed by atoms with Crippen LogP contribution < -0.4 is 14.9 Å². The lowest BCUT2D eigenvalue weighted by atomic mass is 10.1. The number of para-hydroxylation sites is 3. The fourth-order valence-corrected chi connectivity index (χ4v) is 4.54. The molecule has 0 spiro atoms. The van der Waals surface area contributed by atoms with Crippen LogP contribution in [0.4, 0.5) is 17.1 Å². The van der Waals surface area contributed by atoms with Crippen molar-refractivity contribution in [2.75, 3.05) is 23.3 Å². The number of nitrogens with one attached hydrogen (secondary N) is 2. The summed E-state index contributed by atoms with van der Waals surface area (Å²) in [6.07, 6.45) is 6.05. The van der Waals surface area contributed by atoms with Crippen LogP contribution in [0, 0.1) is 12.3 Å². The van der Waals surface area contributed by atoms with Crippen molar-refractivity contribution in [3.8, 4) is 12.3 Å². The number of carbonyl (C=O) groups is 1. The third-order valence-corrected chi connectivity index (χ3v) is 6.54. The monoisotopic (exact) mass is 431 g/mol. The van der Waals surface area contributed by atoms with E-state index >= 15 is 0 Å². The van der Waals surface area contributed by atoms with Crippen LogP contribution in [-0.2, 0) is 16.4 Å². The molecule has 0 fully saturated rings. The molecule has 1 heterocycles. The van der Waals surface area contributed by atoms with Gasteiger partial charge in [0.1, 0.15) is 0 Å². The zero-order valence-corrected chi connectivity index (χ0v) is 17.5.